The SMILES string of the molecule is Cc1csc(=O)n1CCN(C)Cc1cc(C#N)ccc1F. The fourth-order valence-electron chi connectivity index (χ4n) is 2.08. The van der Waals surface area contributed by atoms with Gasteiger partial charge in [0, 0.05) is 36.3 Å². The Bertz CT molecular complexity index is 729. The summed E-state index contributed by atoms with van der Waals surface area (Å²) in [6.07, 6.45) is 0. The van der Waals surface area contributed by atoms with Crippen LogP contribution < -0.4 is 4.87 Å². The zero-order chi connectivity index (χ0) is 15.4. The van der Waals surface area contributed by atoms with E-state index in [1.54, 1.807) is 10.6 Å². The number of hydrogen-bond acceptors (Lipinski definition) is 4. The summed E-state index contributed by atoms with van der Waals surface area (Å²) in [5.41, 5.74) is 1.88. The van der Waals surface area contributed by atoms with Crippen LogP contribution in [-0.2, 0) is 13.1 Å². The van der Waals surface area contributed by atoms with E-state index in [4.69, 9.17) is 5.26 Å². The van der Waals surface area contributed by atoms with Crippen molar-refractivity contribution < 1.29 is 4.39 Å². The van der Waals surface area contributed by atoms with Gasteiger partial charge < -0.3 is 9.47 Å². The van der Waals surface area contributed by atoms with Gasteiger partial charge in [0.1, 0.15) is 5.82 Å². The minimum Gasteiger partial charge on any atom is -0.302 e. The quantitative estimate of drug-likeness (QED) is 0.852. The van der Waals surface area contributed by atoms with Crippen LogP contribution in [0.5, 0.6) is 0 Å². The number of halogens is 1. The lowest BCUT2D eigenvalue weighted by Crippen LogP contribution is -2.27. The molecule has 2 aromatic rings. The summed E-state index contributed by atoms with van der Waals surface area (Å²) < 4.78 is 15.4. The molecule has 21 heavy (non-hydrogen) atoms. The van der Waals surface area contributed by atoms with Crippen molar-refractivity contribution in [3.63, 3.8) is 0 Å². The van der Waals surface area contributed by atoms with Gasteiger partial charge in [-0.1, -0.05) is 11.3 Å². The van der Waals surface area contributed by atoms with Crippen molar-refractivity contribution in [1.82, 2.24) is 9.47 Å². The van der Waals surface area contributed by atoms with Crippen LogP contribution in [0, 0.1) is 24.1 Å². The maximum Gasteiger partial charge on any atom is 0.307 e. The smallest absolute Gasteiger partial charge is 0.302 e. The van der Waals surface area contributed by atoms with Gasteiger partial charge in [0.05, 0.1) is 11.6 Å². The highest BCUT2D eigenvalue weighted by Crippen LogP contribution is 2.12. The van der Waals surface area contributed by atoms with Gasteiger partial charge >= 0.3 is 4.87 Å². The number of aromatic nitrogens is 1. The number of thiazole rings is 1. The average Bonchev–Trinajstić information content (AvgIpc) is 2.78. The number of benzene rings is 1. The Labute approximate surface area is 126 Å². The zero-order valence-electron chi connectivity index (χ0n) is 12.0. The molecule has 0 aliphatic heterocycles. The summed E-state index contributed by atoms with van der Waals surface area (Å²) in [6, 6.07) is 6.35. The Morgan fingerprint density at radius 2 is 2.24 bits per heavy atom. The monoisotopic (exact) mass is 305 g/mol. The van der Waals surface area contributed by atoms with E-state index in [1.807, 2.05) is 30.3 Å². The van der Waals surface area contributed by atoms with Gasteiger partial charge in [-0.15, -0.1) is 0 Å². The summed E-state index contributed by atoms with van der Waals surface area (Å²) >= 11 is 1.19. The number of likely N-dealkylation sites (N-methyl/N-ethyl adjacent to an activating group) is 1. The lowest BCUT2D eigenvalue weighted by Gasteiger charge is -2.17. The van der Waals surface area contributed by atoms with E-state index in [2.05, 4.69) is 0 Å². The second kappa shape index (κ2) is 6.66. The molecule has 0 fully saturated rings. The third-order valence-electron chi connectivity index (χ3n) is 3.30. The second-order valence-electron chi connectivity index (χ2n) is 4.95. The lowest BCUT2D eigenvalue weighted by atomic mass is 10.1. The molecule has 0 radical (unpaired) electrons. The van der Waals surface area contributed by atoms with Crippen molar-refractivity contribution in [2.24, 2.45) is 0 Å². The van der Waals surface area contributed by atoms with E-state index < -0.39 is 0 Å². The molecule has 0 aliphatic rings. The standard InChI is InChI=1S/C15H16FN3OS/c1-11-10-21-15(20)19(11)6-5-18(2)9-13-7-12(8-17)3-4-14(13)16/h3-4,7,10H,5-6,9H2,1-2H3. The summed E-state index contributed by atoms with van der Waals surface area (Å²) in [5.74, 6) is -0.315. The summed E-state index contributed by atoms with van der Waals surface area (Å²) in [7, 11) is 1.87. The van der Waals surface area contributed by atoms with E-state index in [-0.39, 0.29) is 10.7 Å². The van der Waals surface area contributed by atoms with Gasteiger partial charge in [-0.05, 0) is 32.2 Å². The lowest BCUT2D eigenvalue weighted by molar-refractivity contribution is 0.305. The van der Waals surface area contributed by atoms with Gasteiger partial charge in [0.25, 0.3) is 0 Å². The maximum absolute atomic E-state index is 13.7. The van der Waals surface area contributed by atoms with E-state index in [0.29, 0.717) is 30.8 Å². The molecular formula is C15H16FN3OS. The Morgan fingerprint density at radius 3 is 2.86 bits per heavy atom. The molecule has 0 saturated heterocycles. The molecule has 0 saturated carbocycles. The highest BCUT2D eigenvalue weighted by atomic mass is 32.1. The van der Waals surface area contributed by atoms with Crippen molar-refractivity contribution >= 4 is 11.3 Å². The van der Waals surface area contributed by atoms with E-state index in [9.17, 15) is 9.18 Å². The molecule has 4 nitrogen and oxygen atoms in total. The van der Waals surface area contributed by atoms with Crippen LogP contribution in [0.1, 0.15) is 16.8 Å². The Kier molecular flexibility index (Phi) is 4.89. The van der Waals surface area contributed by atoms with Crippen LogP contribution in [0.3, 0.4) is 0 Å². The van der Waals surface area contributed by atoms with Crippen molar-refractivity contribution in [3.05, 3.63) is 55.9 Å². The maximum atomic E-state index is 13.7. The molecule has 0 aliphatic carbocycles. The van der Waals surface area contributed by atoms with Crippen molar-refractivity contribution in [2.45, 2.75) is 20.0 Å². The molecular weight excluding hydrogens is 289 g/mol. The van der Waals surface area contributed by atoms with Gasteiger partial charge in [0.15, 0.2) is 0 Å². The molecule has 1 aromatic heterocycles. The minimum absolute atomic E-state index is 0.0264. The van der Waals surface area contributed by atoms with Crippen LogP contribution in [0.4, 0.5) is 4.39 Å². The highest BCUT2D eigenvalue weighted by Gasteiger charge is 2.09. The number of aryl methyl sites for hydroxylation is 1. The Balaban J connectivity index is 2.01. The normalized spacial score (nSPS) is 10.8. The first-order valence-electron chi connectivity index (χ1n) is 6.53. The van der Waals surface area contributed by atoms with Gasteiger partial charge in [0.2, 0.25) is 0 Å². The molecule has 6 heteroatoms. The third kappa shape index (κ3) is 3.78. The van der Waals surface area contributed by atoms with Crippen LogP contribution >= 0.6 is 11.3 Å². The van der Waals surface area contributed by atoms with Gasteiger partial charge in [-0.25, -0.2) is 4.39 Å². The van der Waals surface area contributed by atoms with Crippen molar-refractivity contribution in [1.29, 1.82) is 5.26 Å². The van der Waals surface area contributed by atoms with Gasteiger partial charge in [-0.3, -0.25) is 4.79 Å². The summed E-state index contributed by atoms with van der Waals surface area (Å²) in [6.45, 7) is 3.51. The highest BCUT2D eigenvalue weighted by molar-refractivity contribution is 7.07. The second-order valence-corrected chi connectivity index (χ2v) is 5.77. The molecule has 2 rings (SSSR count). The summed E-state index contributed by atoms with van der Waals surface area (Å²) in [5, 5.41) is 10.7. The minimum atomic E-state index is -0.315. The fraction of sp³-hybridized carbons (Fsp3) is 0.333. The van der Waals surface area contributed by atoms with E-state index in [1.165, 1.54) is 23.5 Å². The third-order valence-corrected chi connectivity index (χ3v) is 4.18. The van der Waals surface area contributed by atoms with E-state index >= 15 is 0 Å². The first kappa shape index (κ1) is 15.4. The van der Waals surface area contributed by atoms with Crippen molar-refractivity contribution in [2.75, 3.05) is 13.6 Å². The first-order valence-corrected chi connectivity index (χ1v) is 7.41. The Morgan fingerprint density at radius 1 is 1.48 bits per heavy atom. The fourth-order valence-corrected chi connectivity index (χ4v) is 2.84. The predicted molar refractivity (Wildman–Crippen MR) is 80.8 cm³/mol. The molecule has 0 spiro atoms. The van der Waals surface area contributed by atoms with Crippen LogP contribution in [0.2, 0.25) is 0 Å². The largest absolute Gasteiger partial charge is 0.307 e. The van der Waals surface area contributed by atoms with Crippen LogP contribution in [0.25, 0.3) is 0 Å². The zero-order valence-corrected chi connectivity index (χ0v) is 12.8. The molecule has 0 bridgehead atoms. The molecule has 0 atom stereocenters. The number of hydrogen-bond donors (Lipinski definition) is 0. The predicted octanol–water partition coefficient (Wildman–Crippen LogP) is 2.36. The number of nitriles is 1. The van der Waals surface area contributed by atoms with Crippen molar-refractivity contribution in [3.8, 4) is 6.07 Å². The van der Waals surface area contributed by atoms with Gasteiger partial charge in [-0.2, -0.15) is 5.26 Å². The number of nitrogens with zero attached hydrogens (tertiary/aromatic N) is 3. The molecule has 0 amide bonds. The topological polar surface area (TPSA) is 49.0 Å². The van der Waals surface area contributed by atoms with Crippen LogP contribution in [-0.4, -0.2) is 23.1 Å². The molecule has 1 heterocycles. The molecule has 0 N–H and O–H groups in total. The number of rotatable bonds is 5. The molecule has 110 valence electrons. The summed E-state index contributed by atoms with van der Waals surface area (Å²) in [4.78, 5) is 13.6. The van der Waals surface area contributed by atoms with Crippen LogP contribution in [0.15, 0.2) is 28.4 Å². The molecule has 1 aromatic carbocycles. The average molecular weight is 305 g/mol. The Hall–Kier alpha value is -1.97. The first-order chi connectivity index (χ1) is 10.0. The van der Waals surface area contributed by atoms with E-state index in [0.717, 1.165) is 5.69 Å². The molecule has 0 unspecified atom stereocenters.